The van der Waals surface area contributed by atoms with Crippen molar-refractivity contribution in [1.29, 1.82) is 0 Å². The summed E-state index contributed by atoms with van der Waals surface area (Å²) in [5.74, 6) is 0. The van der Waals surface area contributed by atoms with Crippen LogP contribution in [0, 0.1) is 0 Å². The zero-order valence-electron chi connectivity index (χ0n) is 8.54. The predicted octanol–water partition coefficient (Wildman–Crippen LogP) is 3.32. The van der Waals surface area contributed by atoms with Crippen molar-refractivity contribution >= 4 is 11.6 Å². The number of aromatic nitrogens is 1. The standard InChI is InChI=1S/C11H17ClN2/c1-2-3-4-7-10(13)9-6-5-8-14-11(9)12/h5-6,8,10H,2-4,7,13H2,1H3/t10-/m0/s1. The number of nitrogens with two attached hydrogens (primary N) is 1. The van der Waals surface area contributed by atoms with Crippen molar-refractivity contribution in [2.45, 2.75) is 38.6 Å². The third-order valence-electron chi connectivity index (χ3n) is 2.31. The lowest BCUT2D eigenvalue weighted by Crippen LogP contribution is -2.11. The Morgan fingerprint density at radius 2 is 2.29 bits per heavy atom. The molecule has 3 heteroatoms. The van der Waals surface area contributed by atoms with Gasteiger partial charge in [-0.2, -0.15) is 0 Å². The quantitative estimate of drug-likeness (QED) is 0.601. The van der Waals surface area contributed by atoms with Gasteiger partial charge in [0.15, 0.2) is 0 Å². The van der Waals surface area contributed by atoms with E-state index in [1.165, 1.54) is 12.8 Å². The van der Waals surface area contributed by atoms with Gasteiger partial charge in [0, 0.05) is 17.8 Å². The largest absolute Gasteiger partial charge is 0.324 e. The SMILES string of the molecule is CCCCC[C@H](N)c1cccnc1Cl. The average Bonchev–Trinajstić information content (AvgIpc) is 2.18. The monoisotopic (exact) mass is 212 g/mol. The Balaban J connectivity index is 2.51. The molecule has 0 fully saturated rings. The maximum absolute atomic E-state index is 6.01. The highest BCUT2D eigenvalue weighted by molar-refractivity contribution is 6.30. The molecule has 1 atom stereocenters. The fourth-order valence-corrected chi connectivity index (χ4v) is 1.70. The third-order valence-corrected chi connectivity index (χ3v) is 2.62. The molecule has 0 aliphatic carbocycles. The molecule has 0 aromatic carbocycles. The van der Waals surface area contributed by atoms with Crippen LogP contribution >= 0.6 is 11.6 Å². The molecular formula is C11H17ClN2. The summed E-state index contributed by atoms with van der Waals surface area (Å²) in [6, 6.07) is 3.86. The van der Waals surface area contributed by atoms with Crippen LogP contribution in [-0.4, -0.2) is 4.98 Å². The second-order valence-corrected chi connectivity index (χ2v) is 3.84. The molecule has 0 amide bonds. The fourth-order valence-electron chi connectivity index (χ4n) is 1.44. The van der Waals surface area contributed by atoms with E-state index in [-0.39, 0.29) is 6.04 Å². The molecule has 1 aromatic heterocycles. The van der Waals surface area contributed by atoms with E-state index in [0.29, 0.717) is 5.15 Å². The van der Waals surface area contributed by atoms with Gasteiger partial charge in [-0.05, 0) is 12.5 Å². The number of hydrogen-bond donors (Lipinski definition) is 1. The number of rotatable bonds is 5. The van der Waals surface area contributed by atoms with Crippen molar-refractivity contribution in [2.24, 2.45) is 5.73 Å². The lowest BCUT2D eigenvalue weighted by Gasteiger charge is -2.12. The number of nitrogens with zero attached hydrogens (tertiary/aromatic N) is 1. The number of halogens is 1. The van der Waals surface area contributed by atoms with Gasteiger partial charge in [0.25, 0.3) is 0 Å². The third kappa shape index (κ3) is 3.28. The smallest absolute Gasteiger partial charge is 0.133 e. The van der Waals surface area contributed by atoms with Gasteiger partial charge in [-0.15, -0.1) is 0 Å². The Morgan fingerprint density at radius 1 is 1.50 bits per heavy atom. The highest BCUT2D eigenvalue weighted by atomic mass is 35.5. The summed E-state index contributed by atoms with van der Waals surface area (Å²) in [7, 11) is 0. The van der Waals surface area contributed by atoms with E-state index < -0.39 is 0 Å². The van der Waals surface area contributed by atoms with Crippen LogP contribution in [0.5, 0.6) is 0 Å². The Morgan fingerprint density at radius 3 is 2.93 bits per heavy atom. The zero-order valence-corrected chi connectivity index (χ0v) is 9.30. The molecule has 0 radical (unpaired) electrons. The van der Waals surface area contributed by atoms with Crippen LogP contribution in [0.3, 0.4) is 0 Å². The summed E-state index contributed by atoms with van der Waals surface area (Å²) in [5, 5.41) is 0.538. The molecule has 1 rings (SSSR count). The normalized spacial score (nSPS) is 12.8. The van der Waals surface area contributed by atoms with Crippen LogP contribution in [0.1, 0.15) is 44.2 Å². The number of hydrogen-bond acceptors (Lipinski definition) is 2. The Hall–Kier alpha value is -0.600. The lowest BCUT2D eigenvalue weighted by atomic mass is 10.0. The molecule has 1 heterocycles. The number of unbranched alkanes of at least 4 members (excludes halogenated alkanes) is 2. The van der Waals surface area contributed by atoms with Gasteiger partial charge < -0.3 is 5.73 Å². The van der Waals surface area contributed by atoms with Gasteiger partial charge in [-0.1, -0.05) is 43.9 Å². The maximum Gasteiger partial charge on any atom is 0.133 e. The maximum atomic E-state index is 6.01. The zero-order chi connectivity index (χ0) is 10.4. The molecule has 0 spiro atoms. The van der Waals surface area contributed by atoms with Crippen molar-refractivity contribution in [3.05, 3.63) is 29.0 Å². The van der Waals surface area contributed by atoms with E-state index in [4.69, 9.17) is 17.3 Å². The first-order chi connectivity index (χ1) is 6.75. The highest BCUT2D eigenvalue weighted by Crippen LogP contribution is 2.22. The van der Waals surface area contributed by atoms with Crippen molar-refractivity contribution in [3.63, 3.8) is 0 Å². The van der Waals surface area contributed by atoms with Crippen LogP contribution in [-0.2, 0) is 0 Å². The molecule has 14 heavy (non-hydrogen) atoms. The summed E-state index contributed by atoms with van der Waals surface area (Å²) in [5.41, 5.74) is 6.98. The van der Waals surface area contributed by atoms with E-state index >= 15 is 0 Å². The summed E-state index contributed by atoms with van der Waals surface area (Å²) in [6.45, 7) is 2.18. The van der Waals surface area contributed by atoms with Gasteiger partial charge in [0.2, 0.25) is 0 Å². The second-order valence-electron chi connectivity index (χ2n) is 3.49. The van der Waals surface area contributed by atoms with Crippen molar-refractivity contribution < 1.29 is 0 Å². The molecule has 78 valence electrons. The van der Waals surface area contributed by atoms with Gasteiger partial charge >= 0.3 is 0 Å². The first kappa shape index (κ1) is 11.5. The van der Waals surface area contributed by atoms with Crippen LogP contribution < -0.4 is 5.73 Å². The van der Waals surface area contributed by atoms with E-state index in [0.717, 1.165) is 18.4 Å². The highest BCUT2D eigenvalue weighted by Gasteiger charge is 2.09. The summed E-state index contributed by atoms with van der Waals surface area (Å²) in [4.78, 5) is 4.01. The predicted molar refractivity (Wildman–Crippen MR) is 60.3 cm³/mol. The fraction of sp³-hybridized carbons (Fsp3) is 0.545. The van der Waals surface area contributed by atoms with E-state index in [1.807, 2.05) is 12.1 Å². The lowest BCUT2D eigenvalue weighted by molar-refractivity contribution is 0.580. The van der Waals surface area contributed by atoms with Gasteiger partial charge in [0.1, 0.15) is 5.15 Å². The van der Waals surface area contributed by atoms with Crippen molar-refractivity contribution in [3.8, 4) is 0 Å². The van der Waals surface area contributed by atoms with Gasteiger partial charge in [0.05, 0.1) is 0 Å². The molecule has 0 saturated carbocycles. The van der Waals surface area contributed by atoms with Gasteiger partial charge in [-0.3, -0.25) is 0 Å². The number of pyridine rings is 1. The molecule has 0 saturated heterocycles. The first-order valence-electron chi connectivity index (χ1n) is 5.11. The minimum Gasteiger partial charge on any atom is -0.324 e. The molecular weight excluding hydrogens is 196 g/mol. The molecule has 0 unspecified atom stereocenters. The Kier molecular flexibility index (Phi) is 4.91. The Labute approximate surface area is 90.5 Å². The molecule has 1 aromatic rings. The summed E-state index contributed by atoms with van der Waals surface area (Å²) in [6.07, 6.45) is 6.27. The van der Waals surface area contributed by atoms with Crippen molar-refractivity contribution in [1.82, 2.24) is 4.98 Å². The molecule has 0 aliphatic heterocycles. The van der Waals surface area contributed by atoms with Crippen LogP contribution in [0.2, 0.25) is 5.15 Å². The van der Waals surface area contributed by atoms with Crippen molar-refractivity contribution in [2.75, 3.05) is 0 Å². The summed E-state index contributed by atoms with van der Waals surface area (Å²) >= 11 is 5.94. The van der Waals surface area contributed by atoms with Crippen LogP contribution in [0.15, 0.2) is 18.3 Å². The minimum atomic E-state index is 0.0303. The van der Waals surface area contributed by atoms with Crippen LogP contribution in [0.25, 0.3) is 0 Å². The first-order valence-corrected chi connectivity index (χ1v) is 5.49. The van der Waals surface area contributed by atoms with E-state index in [9.17, 15) is 0 Å². The average molecular weight is 213 g/mol. The van der Waals surface area contributed by atoms with Crippen LogP contribution in [0.4, 0.5) is 0 Å². The van der Waals surface area contributed by atoms with Gasteiger partial charge in [-0.25, -0.2) is 4.98 Å². The minimum absolute atomic E-state index is 0.0303. The van der Waals surface area contributed by atoms with E-state index in [2.05, 4.69) is 11.9 Å². The molecule has 0 bridgehead atoms. The van der Waals surface area contributed by atoms with E-state index in [1.54, 1.807) is 6.20 Å². The summed E-state index contributed by atoms with van der Waals surface area (Å²) < 4.78 is 0. The second kappa shape index (κ2) is 5.99. The Bertz CT molecular complexity index is 276. The molecule has 0 aliphatic rings. The molecule has 2 nitrogen and oxygen atoms in total. The molecule has 2 N–H and O–H groups in total. The topological polar surface area (TPSA) is 38.9 Å².